The summed E-state index contributed by atoms with van der Waals surface area (Å²) in [6, 6.07) is 8.57. The second-order valence-corrected chi connectivity index (χ2v) is 11.1. The number of carbonyl (C=O) groups is 3. The van der Waals surface area contributed by atoms with Gasteiger partial charge in [-0.05, 0) is 70.4 Å². The molecule has 1 aliphatic heterocycles. The summed E-state index contributed by atoms with van der Waals surface area (Å²) in [4.78, 5) is 53.7. The minimum absolute atomic E-state index is 0.102. The molecule has 40 heavy (non-hydrogen) atoms. The second kappa shape index (κ2) is 10.2. The number of ketones is 1. The lowest BCUT2D eigenvalue weighted by Gasteiger charge is -2.27. The van der Waals surface area contributed by atoms with Crippen LogP contribution in [0.15, 0.2) is 47.3 Å². The van der Waals surface area contributed by atoms with E-state index in [1.165, 1.54) is 11.6 Å². The van der Waals surface area contributed by atoms with Gasteiger partial charge in [-0.3, -0.25) is 19.1 Å². The molecule has 3 aromatic heterocycles. The number of hydrogen-bond acceptors (Lipinski definition) is 8. The Morgan fingerprint density at radius 2 is 1.90 bits per heavy atom. The van der Waals surface area contributed by atoms with Crippen LogP contribution in [0.5, 0.6) is 0 Å². The molecule has 0 radical (unpaired) electrons. The van der Waals surface area contributed by atoms with E-state index in [1.807, 2.05) is 31.2 Å². The molecule has 11 nitrogen and oxygen atoms in total. The SMILES string of the molecule is CC(=O)c1nn(CC(=O)N2C[C@H]3C[C@H]3[C@H]2C(=O)Nc2nc(Br)ccc2C)c2ccc(-c3cnc(CO)nc3)cc12. The summed E-state index contributed by atoms with van der Waals surface area (Å²) >= 11 is 3.34. The Morgan fingerprint density at radius 1 is 1.12 bits per heavy atom. The first-order valence-electron chi connectivity index (χ1n) is 12.9. The molecule has 0 bridgehead atoms. The van der Waals surface area contributed by atoms with Gasteiger partial charge >= 0.3 is 0 Å². The van der Waals surface area contributed by atoms with E-state index in [4.69, 9.17) is 0 Å². The van der Waals surface area contributed by atoms with Gasteiger partial charge in [0.05, 0.1) is 5.52 Å². The Morgan fingerprint density at radius 3 is 2.62 bits per heavy atom. The lowest BCUT2D eigenvalue weighted by atomic mass is 10.0. The third-order valence-corrected chi connectivity index (χ3v) is 8.03. The highest BCUT2D eigenvalue weighted by Crippen LogP contribution is 2.50. The quantitative estimate of drug-likeness (QED) is 0.242. The molecule has 2 N–H and O–H groups in total. The summed E-state index contributed by atoms with van der Waals surface area (Å²) in [7, 11) is 0. The maximum Gasteiger partial charge on any atom is 0.248 e. The van der Waals surface area contributed by atoms with Crippen molar-refractivity contribution >= 4 is 50.2 Å². The van der Waals surface area contributed by atoms with Crippen molar-refractivity contribution in [2.75, 3.05) is 11.9 Å². The van der Waals surface area contributed by atoms with E-state index >= 15 is 0 Å². The van der Waals surface area contributed by atoms with Gasteiger partial charge in [-0.25, -0.2) is 15.0 Å². The number of nitrogens with one attached hydrogen (secondary N) is 1. The van der Waals surface area contributed by atoms with Crippen LogP contribution in [0.2, 0.25) is 0 Å². The van der Waals surface area contributed by atoms with Crippen LogP contribution in [0, 0.1) is 18.8 Å². The molecule has 0 spiro atoms. The van der Waals surface area contributed by atoms with Gasteiger partial charge in [-0.1, -0.05) is 12.1 Å². The highest BCUT2D eigenvalue weighted by molar-refractivity contribution is 9.10. The smallest absolute Gasteiger partial charge is 0.248 e. The Bertz CT molecular complexity index is 1670. The number of hydrogen-bond donors (Lipinski definition) is 2. The number of anilines is 1. The minimum Gasteiger partial charge on any atom is -0.388 e. The minimum atomic E-state index is -0.583. The predicted molar refractivity (Wildman–Crippen MR) is 149 cm³/mol. The lowest BCUT2D eigenvalue weighted by molar-refractivity contribution is -0.138. The number of carbonyl (C=O) groups excluding carboxylic acids is 3. The number of benzene rings is 1. The fourth-order valence-electron chi connectivity index (χ4n) is 5.42. The summed E-state index contributed by atoms with van der Waals surface area (Å²) in [5.41, 5.74) is 3.22. The van der Waals surface area contributed by atoms with Crippen molar-refractivity contribution in [2.45, 2.75) is 39.5 Å². The Balaban J connectivity index is 1.26. The second-order valence-electron chi connectivity index (χ2n) is 10.3. The molecule has 4 heterocycles. The molecule has 1 aliphatic carbocycles. The molecular weight excluding hydrogens is 578 g/mol. The highest BCUT2D eigenvalue weighted by Gasteiger charge is 2.56. The zero-order valence-corrected chi connectivity index (χ0v) is 23.4. The van der Waals surface area contributed by atoms with Crippen LogP contribution >= 0.6 is 15.9 Å². The standard InChI is InChI=1S/C28H26BrN7O4/c1-14-3-6-22(29)32-27(14)33-28(40)26-19-8-17(19)11-35(26)24(39)12-36-21-5-4-16(7-20(21)25(34-36)15(2)38)18-9-30-23(13-37)31-10-18/h3-7,9-10,17,19,26,37H,8,11-13H2,1-2H3,(H,32,33,40)/t17-,19-,26+/m1/s1. The number of nitrogens with zero attached hydrogens (tertiary/aromatic N) is 6. The first-order valence-corrected chi connectivity index (χ1v) is 13.7. The average molecular weight is 604 g/mol. The number of Topliss-reactive ketones (excluding diaryl/α,β-unsaturated/α-hetero) is 1. The number of aliphatic hydroxyl groups excluding tert-OH is 1. The molecule has 2 amide bonds. The highest BCUT2D eigenvalue weighted by atomic mass is 79.9. The van der Waals surface area contributed by atoms with E-state index in [2.05, 4.69) is 41.3 Å². The molecule has 2 fully saturated rings. The van der Waals surface area contributed by atoms with Crippen molar-refractivity contribution in [2.24, 2.45) is 11.8 Å². The first kappa shape index (κ1) is 26.2. The van der Waals surface area contributed by atoms with Gasteiger partial charge in [-0.2, -0.15) is 5.10 Å². The summed E-state index contributed by atoms with van der Waals surface area (Å²) in [5.74, 6) is 0.504. The molecule has 12 heteroatoms. The van der Waals surface area contributed by atoms with Crippen molar-refractivity contribution in [3.05, 3.63) is 64.4 Å². The van der Waals surface area contributed by atoms with Crippen LogP contribution in [0.25, 0.3) is 22.0 Å². The molecule has 6 rings (SSSR count). The third kappa shape index (κ3) is 4.77. The van der Waals surface area contributed by atoms with Gasteiger partial charge < -0.3 is 15.3 Å². The van der Waals surface area contributed by atoms with Gasteiger partial charge in [0.15, 0.2) is 11.6 Å². The van der Waals surface area contributed by atoms with E-state index < -0.39 is 6.04 Å². The molecular formula is C28H26BrN7O4. The number of rotatable bonds is 7. The predicted octanol–water partition coefficient (Wildman–Crippen LogP) is 3.14. The van der Waals surface area contributed by atoms with E-state index in [0.717, 1.165) is 23.1 Å². The van der Waals surface area contributed by atoms with Gasteiger partial charge in [0, 0.05) is 36.8 Å². The summed E-state index contributed by atoms with van der Waals surface area (Å²) < 4.78 is 2.14. The number of aromatic nitrogens is 5. The Hall–Kier alpha value is -4.03. The number of aryl methyl sites for hydroxylation is 1. The van der Waals surface area contributed by atoms with E-state index in [-0.39, 0.29) is 42.4 Å². The van der Waals surface area contributed by atoms with Gasteiger partial charge in [-0.15, -0.1) is 0 Å². The molecule has 1 saturated carbocycles. The lowest BCUT2D eigenvalue weighted by Crippen LogP contribution is -2.47. The third-order valence-electron chi connectivity index (χ3n) is 7.59. The van der Waals surface area contributed by atoms with Crippen molar-refractivity contribution in [1.82, 2.24) is 29.6 Å². The van der Waals surface area contributed by atoms with Gasteiger partial charge in [0.2, 0.25) is 11.8 Å². The number of pyridine rings is 1. The fourth-order valence-corrected chi connectivity index (χ4v) is 5.73. The molecule has 4 aromatic rings. The van der Waals surface area contributed by atoms with Crippen LogP contribution in [0.3, 0.4) is 0 Å². The van der Waals surface area contributed by atoms with Gasteiger partial charge in [0.25, 0.3) is 0 Å². The largest absolute Gasteiger partial charge is 0.388 e. The summed E-state index contributed by atoms with van der Waals surface area (Å²) in [6.45, 7) is 3.46. The first-order chi connectivity index (χ1) is 19.2. The topological polar surface area (TPSA) is 143 Å². The molecule has 2 aliphatic rings. The van der Waals surface area contributed by atoms with E-state index in [0.29, 0.717) is 39.6 Å². The van der Waals surface area contributed by atoms with Gasteiger partial charge in [0.1, 0.15) is 35.3 Å². The van der Waals surface area contributed by atoms with Crippen LogP contribution in [0.1, 0.15) is 35.2 Å². The maximum absolute atomic E-state index is 13.6. The van der Waals surface area contributed by atoms with Crippen LogP contribution in [0.4, 0.5) is 5.82 Å². The van der Waals surface area contributed by atoms with Crippen LogP contribution in [-0.4, -0.2) is 64.9 Å². The van der Waals surface area contributed by atoms with E-state index in [9.17, 15) is 19.5 Å². The molecule has 1 aromatic carbocycles. The maximum atomic E-state index is 13.6. The van der Waals surface area contributed by atoms with E-state index in [1.54, 1.807) is 23.4 Å². The van der Waals surface area contributed by atoms with Crippen molar-refractivity contribution < 1.29 is 19.5 Å². The number of amides is 2. The normalized spacial score (nSPS) is 19.5. The zero-order valence-electron chi connectivity index (χ0n) is 21.8. The zero-order chi connectivity index (χ0) is 28.1. The summed E-state index contributed by atoms with van der Waals surface area (Å²) in [6.07, 6.45) is 4.13. The molecule has 0 unspecified atom stereocenters. The number of aliphatic hydroxyl groups is 1. The monoisotopic (exact) mass is 603 g/mol. The summed E-state index contributed by atoms with van der Waals surface area (Å²) in [5, 5.41) is 17.2. The van der Waals surface area contributed by atoms with Crippen molar-refractivity contribution in [3.63, 3.8) is 0 Å². The number of fused-ring (bicyclic) bond motifs is 2. The van der Waals surface area contributed by atoms with Crippen LogP contribution in [-0.2, 0) is 22.7 Å². The number of likely N-dealkylation sites (tertiary alicyclic amines) is 1. The number of piperidine rings is 1. The number of halogens is 1. The fraction of sp³-hybridized carbons (Fsp3) is 0.321. The van der Waals surface area contributed by atoms with Crippen molar-refractivity contribution in [3.8, 4) is 11.1 Å². The Labute approximate surface area is 237 Å². The molecule has 204 valence electrons. The Kier molecular flexibility index (Phi) is 6.67. The molecule has 1 saturated heterocycles. The van der Waals surface area contributed by atoms with Crippen LogP contribution < -0.4 is 5.32 Å². The molecule has 3 atom stereocenters. The average Bonchev–Trinajstić information content (AvgIpc) is 3.45. The van der Waals surface area contributed by atoms with Crippen molar-refractivity contribution in [1.29, 1.82) is 0 Å².